The van der Waals surface area contributed by atoms with Crippen molar-refractivity contribution in [3.8, 4) is 0 Å². The fraction of sp³-hybridized carbons (Fsp3) is 0.235. The van der Waals surface area contributed by atoms with Gasteiger partial charge in [-0.3, -0.25) is 9.59 Å². The van der Waals surface area contributed by atoms with Crippen LogP contribution in [0.25, 0.3) is 5.78 Å². The highest BCUT2D eigenvalue weighted by Crippen LogP contribution is 2.15. The van der Waals surface area contributed by atoms with Crippen molar-refractivity contribution in [3.63, 3.8) is 0 Å². The average Bonchev–Trinajstić information content (AvgIpc) is 3.08. The standard InChI is InChI=1S/C17H18N6O2S/c1-2-12-6-3-4-7-13(12)20-14(24)10-19-15(25)11-26-17-21-16-18-8-5-9-23(16)22-17/h3-9H,2,10-11H2,1H3,(H,19,25)(H,20,24). The predicted molar refractivity (Wildman–Crippen MR) is 99.0 cm³/mol. The minimum Gasteiger partial charge on any atom is -0.346 e. The zero-order valence-electron chi connectivity index (χ0n) is 14.2. The number of fused-ring (bicyclic) bond motifs is 1. The molecule has 1 aromatic carbocycles. The molecular weight excluding hydrogens is 352 g/mol. The summed E-state index contributed by atoms with van der Waals surface area (Å²) in [5.74, 6) is 0.0693. The van der Waals surface area contributed by atoms with E-state index in [4.69, 9.17) is 0 Å². The van der Waals surface area contributed by atoms with E-state index in [0.717, 1.165) is 17.7 Å². The fourth-order valence-corrected chi connectivity index (χ4v) is 2.93. The van der Waals surface area contributed by atoms with Crippen molar-refractivity contribution >= 4 is 35.0 Å². The van der Waals surface area contributed by atoms with Gasteiger partial charge in [-0.2, -0.15) is 4.98 Å². The van der Waals surface area contributed by atoms with Crippen LogP contribution in [0.1, 0.15) is 12.5 Å². The molecule has 2 heterocycles. The number of aryl methyl sites for hydroxylation is 1. The van der Waals surface area contributed by atoms with Crippen molar-refractivity contribution in [2.24, 2.45) is 0 Å². The molecule has 0 spiro atoms. The molecule has 0 fully saturated rings. The second-order valence-electron chi connectivity index (χ2n) is 5.38. The summed E-state index contributed by atoms with van der Waals surface area (Å²) in [6.45, 7) is 1.93. The zero-order valence-corrected chi connectivity index (χ0v) is 15.0. The maximum absolute atomic E-state index is 12.0. The summed E-state index contributed by atoms with van der Waals surface area (Å²) in [7, 11) is 0. The third-order valence-electron chi connectivity index (χ3n) is 3.55. The van der Waals surface area contributed by atoms with E-state index in [2.05, 4.69) is 25.7 Å². The minimum atomic E-state index is -0.265. The lowest BCUT2D eigenvalue weighted by molar-refractivity contribution is -0.122. The van der Waals surface area contributed by atoms with Crippen molar-refractivity contribution in [3.05, 3.63) is 48.3 Å². The Balaban J connectivity index is 1.45. The van der Waals surface area contributed by atoms with Gasteiger partial charge < -0.3 is 10.6 Å². The quantitative estimate of drug-likeness (QED) is 0.612. The number of amides is 2. The number of carbonyl (C=O) groups is 2. The molecule has 3 rings (SSSR count). The Morgan fingerprint density at radius 1 is 1.19 bits per heavy atom. The number of hydrogen-bond donors (Lipinski definition) is 2. The van der Waals surface area contributed by atoms with Crippen molar-refractivity contribution in [1.29, 1.82) is 0 Å². The Hall–Kier alpha value is -2.94. The number of carbonyl (C=O) groups excluding carboxylic acids is 2. The first kappa shape index (κ1) is 17.9. The molecule has 3 aromatic rings. The van der Waals surface area contributed by atoms with E-state index in [9.17, 15) is 9.59 Å². The molecule has 0 saturated heterocycles. The summed E-state index contributed by atoms with van der Waals surface area (Å²) in [4.78, 5) is 32.2. The summed E-state index contributed by atoms with van der Waals surface area (Å²) >= 11 is 1.19. The third-order valence-corrected chi connectivity index (χ3v) is 4.39. The highest BCUT2D eigenvalue weighted by atomic mass is 32.2. The maximum atomic E-state index is 12.0. The SMILES string of the molecule is CCc1ccccc1NC(=O)CNC(=O)CSc1nc2ncccn2n1. The molecule has 2 amide bonds. The van der Waals surface area contributed by atoms with E-state index in [-0.39, 0.29) is 24.1 Å². The number of para-hydroxylation sites is 1. The molecule has 134 valence electrons. The molecule has 0 radical (unpaired) electrons. The molecule has 9 heteroatoms. The molecule has 26 heavy (non-hydrogen) atoms. The predicted octanol–water partition coefficient (Wildman–Crippen LogP) is 1.53. The number of hydrogen-bond acceptors (Lipinski definition) is 6. The Bertz CT molecular complexity index is 893. The molecule has 2 N–H and O–H groups in total. The molecular formula is C17H18N6O2S. The topological polar surface area (TPSA) is 101 Å². The van der Waals surface area contributed by atoms with Crippen LogP contribution in [0.3, 0.4) is 0 Å². The molecule has 8 nitrogen and oxygen atoms in total. The Morgan fingerprint density at radius 2 is 2.04 bits per heavy atom. The Labute approximate surface area is 154 Å². The van der Waals surface area contributed by atoms with E-state index < -0.39 is 0 Å². The van der Waals surface area contributed by atoms with Crippen LogP contribution in [0.2, 0.25) is 0 Å². The normalized spacial score (nSPS) is 10.7. The summed E-state index contributed by atoms with van der Waals surface area (Å²) in [6, 6.07) is 9.34. The molecule has 2 aromatic heterocycles. The largest absolute Gasteiger partial charge is 0.346 e. The van der Waals surface area contributed by atoms with Crippen LogP contribution in [-0.2, 0) is 16.0 Å². The number of benzene rings is 1. The van der Waals surface area contributed by atoms with Crippen LogP contribution < -0.4 is 10.6 Å². The van der Waals surface area contributed by atoms with Crippen molar-refractivity contribution in [2.45, 2.75) is 18.5 Å². The summed E-state index contributed by atoms with van der Waals surface area (Å²) < 4.78 is 1.54. The van der Waals surface area contributed by atoms with Crippen LogP contribution in [0.4, 0.5) is 5.69 Å². The van der Waals surface area contributed by atoms with E-state index >= 15 is 0 Å². The van der Waals surface area contributed by atoms with Gasteiger partial charge in [-0.1, -0.05) is 36.9 Å². The molecule has 0 aliphatic rings. The van der Waals surface area contributed by atoms with Gasteiger partial charge in [-0.15, -0.1) is 5.10 Å². The highest BCUT2D eigenvalue weighted by molar-refractivity contribution is 7.99. The maximum Gasteiger partial charge on any atom is 0.253 e. The molecule has 0 aliphatic carbocycles. The number of rotatable bonds is 7. The Morgan fingerprint density at radius 3 is 2.85 bits per heavy atom. The fourth-order valence-electron chi connectivity index (χ4n) is 2.28. The minimum absolute atomic E-state index is 0.0857. The zero-order chi connectivity index (χ0) is 18.4. The third kappa shape index (κ3) is 4.57. The van der Waals surface area contributed by atoms with Gasteiger partial charge in [0.25, 0.3) is 5.78 Å². The van der Waals surface area contributed by atoms with Crippen LogP contribution >= 0.6 is 11.8 Å². The lowest BCUT2D eigenvalue weighted by atomic mass is 10.1. The summed E-state index contributed by atoms with van der Waals surface area (Å²) in [6.07, 6.45) is 4.18. The van der Waals surface area contributed by atoms with Crippen LogP contribution in [-0.4, -0.2) is 43.7 Å². The lowest BCUT2D eigenvalue weighted by Crippen LogP contribution is -2.34. The number of aromatic nitrogens is 4. The van der Waals surface area contributed by atoms with Gasteiger partial charge in [-0.25, -0.2) is 9.50 Å². The van der Waals surface area contributed by atoms with Crippen LogP contribution in [0.5, 0.6) is 0 Å². The van der Waals surface area contributed by atoms with Gasteiger partial charge in [0.15, 0.2) is 0 Å². The first-order valence-corrected chi connectivity index (χ1v) is 9.09. The number of nitrogens with one attached hydrogen (secondary N) is 2. The molecule has 0 bridgehead atoms. The van der Waals surface area contributed by atoms with E-state index in [1.54, 1.807) is 23.0 Å². The lowest BCUT2D eigenvalue weighted by Gasteiger charge is -2.10. The van der Waals surface area contributed by atoms with Crippen molar-refractivity contribution < 1.29 is 9.59 Å². The smallest absolute Gasteiger partial charge is 0.253 e. The number of thioether (sulfide) groups is 1. The van der Waals surface area contributed by atoms with Gasteiger partial charge in [0, 0.05) is 18.1 Å². The van der Waals surface area contributed by atoms with Gasteiger partial charge in [0.1, 0.15) is 0 Å². The molecule has 0 unspecified atom stereocenters. The highest BCUT2D eigenvalue weighted by Gasteiger charge is 2.10. The number of anilines is 1. The van der Waals surface area contributed by atoms with Gasteiger partial charge >= 0.3 is 0 Å². The first-order valence-electron chi connectivity index (χ1n) is 8.10. The monoisotopic (exact) mass is 370 g/mol. The first-order chi connectivity index (χ1) is 12.7. The second kappa shape index (κ2) is 8.43. The van der Waals surface area contributed by atoms with E-state index in [1.165, 1.54) is 11.8 Å². The van der Waals surface area contributed by atoms with Gasteiger partial charge in [0.05, 0.1) is 12.3 Å². The van der Waals surface area contributed by atoms with Gasteiger partial charge in [-0.05, 0) is 24.1 Å². The number of nitrogens with zero attached hydrogens (tertiary/aromatic N) is 4. The van der Waals surface area contributed by atoms with Crippen molar-refractivity contribution in [1.82, 2.24) is 24.9 Å². The second-order valence-corrected chi connectivity index (χ2v) is 6.33. The van der Waals surface area contributed by atoms with Crippen molar-refractivity contribution in [2.75, 3.05) is 17.6 Å². The summed E-state index contributed by atoms with van der Waals surface area (Å²) in [5, 5.41) is 10.1. The van der Waals surface area contributed by atoms with Gasteiger partial charge in [0.2, 0.25) is 17.0 Å². The molecule has 0 aliphatic heterocycles. The van der Waals surface area contributed by atoms with Crippen LogP contribution in [0, 0.1) is 0 Å². The van der Waals surface area contributed by atoms with E-state index in [1.807, 2.05) is 31.2 Å². The summed E-state index contributed by atoms with van der Waals surface area (Å²) in [5.41, 5.74) is 1.82. The molecule has 0 atom stereocenters. The van der Waals surface area contributed by atoms with E-state index in [0.29, 0.717) is 10.9 Å². The Kier molecular flexibility index (Phi) is 5.80. The average molecular weight is 370 g/mol. The molecule has 0 saturated carbocycles. The van der Waals surface area contributed by atoms with Crippen LogP contribution in [0.15, 0.2) is 47.9 Å².